The molecule has 0 radical (unpaired) electrons. The maximum absolute atomic E-state index is 13.4. The van der Waals surface area contributed by atoms with E-state index in [1.54, 1.807) is 12.1 Å². The van der Waals surface area contributed by atoms with Crippen LogP contribution in [0.1, 0.15) is 17.4 Å². The fraction of sp³-hybridized carbons (Fsp3) is 0.167. The van der Waals surface area contributed by atoms with E-state index in [4.69, 9.17) is 10.3 Å². The van der Waals surface area contributed by atoms with Gasteiger partial charge in [-0.1, -0.05) is 12.1 Å². The molecule has 6 heteroatoms. The minimum atomic E-state index is -0.288. The monoisotopic (exact) mass is 376 g/mol. The minimum absolute atomic E-state index is 0.214. The van der Waals surface area contributed by atoms with Crippen LogP contribution >= 0.6 is 31.9 Å². The maximum Gasteiger partial charge on any atom is 0.169 e. The largest absolute Gasteiger partial charge is 0.453 e. The van der Waals surface area contributed by atoms with Crippen LogP contribution < -0.4 is 11.3 Å². The zero-order chi connectivity index (χ0) is 13.1. The summed E-state index contributed by atoms with van der Waals surface area (Å²) in [4.78, 5) is 0. The first-order valence-corrected chi connectivity index (χ1v) is 6.84. The lowest BCUT2D eigenvalue weighted by Crippen LogP contribution is -2.29. The zero-order valence-corrected chi connectivity index (χ0v) is 12.5. The van der Waals surface area contributed by atoms with Crippen LogP contribution in [-0.2, 0) is 6.42 Å². The van der Waals surface area contributed by atoms with Gasteiger partial charge in [0.2, 0.25) is 0 Å². The molecule has 0 aliphatic rings. The summed E-state index contributed by atoms with van der Waals surface area (Å²) >= 11 is 6.47. The second-order valence-electron chi connectivity index (χ2n) is 3.78. The van der Waals surface area contributed by atoms with E-state index in [2.05, 4.69) is 37.3 Å². The Morgan fingerprint density at radius 2 is 2.06 bits per heavy atom. The van der Waals surface area contributed by atoms with Crippen LogP contribution in [0, 0.1) is 5.82 Å². The van der Waals surface area contributed by atoms with Crippen molar-refractivity contribution in [2.75, 3.05) is 0 Å². The number of nitrogens with two attached hydrogens (primary N) is 1. The van der Waals surface area contributed by atoms with Crippen LogP contribution in [0.15, 0.2) is 43.9 Å². The Hall–Kier alpha value is -0.690. The predicted molar refractivity (Wildman–Crippen MR) is 74.3 cm³/mol. The molecule has 0 bridgehead atoms. The SMILES string of the molecule is NNC(Cc1cccc(F)c1Br)c1ccc(Br)o1. The summed E-state index contributed by atoms with van der Waals surface area (Å²) in [5.41, 5.74) is 3.49. The average Bonchev–Trinajstić information content (AvgIpc) is 2.78. The van der Waals surface area contributed by atoms with E-state index in [0.29, 0.717) is 21.3 Å². The molecule has 2 rings (SSSR count). The van der Waals surface area contributed by atoms with Crippen LogP contribution in [0.25, 0.3) is 0 Å². The molecule has 18 heavy (non-hydrogen) atoms. The molecule has 0 fully saturated rings. The standard InChI is InChI=1S/C12H11Br2FN2O/c13-11-5-4-10(18-11)9(17-16)6-7-2-1-3-8(15)12(7)14/h1-5,9,17H,6,16H2. The number of hydrogen-bond acceptors (Lipinski definition) is 3. The molecule has 0 amide bonds. The van der Waals surface area contributed by atoms with Gasteiger partial charge in [0.1, 0.15) is 11.6 Å². The summed E-state index contributed by atoms with van der Waals surface area (Å²) in [5.74, 6) is 5.92. The molecule has 0 spiro atoms. The highest BCUT2D eigenvalue weighted by Gasteiger charge is 2.17. The first-order valence-electron chi connectivity index (χ1n) is 5.26. The van der Waals surface area contributed by atoms with Gasteiger partial charge in [-0.25, -0.2) is 9.82 Å². The van der Waals surface area contributed by atoms with Crippen LogP contribution in [-0.4, -0.2) is 0 Å². The molecule has 1 aromatic carbocycles. The van der Waals surface area contributed by atoms with Gasteiger partial charge in [0.15, 0.2) is 4.67 Å². The van der Waals surface area contributed by atoms with E-state index in [1.165, 1.54) is 6.07 Å². The third-order valence-corrected chi connectivity index (χ3v) is 3.91. The molecule has 3 N–H and O–H groups in total. The molecule has 1 atom stereocenters. The van der Waals surface area contributed by atoms with Gasteiger partial charge in [-0.2, -0.15) is 0 Å². The summed E-state index contributed by atoms with van der Waals surface area (Å²) in [6.45, 7) is 0. The number of hydrazine groups is 1. The van der Waals surface area contributed by atoms with Gasteiger partial charge in [-0.15, -0.1) is 0 Å². The van der Waals surface area contributed by atoms with Crippen molar-refractivity contribution in [2.45, 2.75) is 12.5 Å². The number of furan rings is 1. The lowest BCUT2D eigenvalue weighted by molar-refractivity contribution is 0.404. The number of halogens is 3. The Bertz CT molecular complexity index is 545. The molecule has 0 aliphatic heterocycles. The average molecular weight is 378 g/mol. The van der Waals surface area contributed by atoms with Crippen LogP contribution in [0.2, 0.25) is 0 Å². The third kappa shape index (κ3) is 3.00. The van der Waals surface area contributed by atoms with Crippen molar-refractivity contribution >= 4 is 31.9 Å². The number of nitrogens with one attached hydrogen (secondary N) is 1. The van der Waals surface area contributed by atoms with E-state index in [1.807, 2.05) is 12.1 Å². The fourth-order valence-corrected chi connectivity index (χ4v) is 2.43. The molecule has 1 heterocycles. The molecule has 0 aliphatic carbocycles. The Balaban J connectivity index is 2.23. The fourth-order valence-electron chi connectivity index (χ4n) is 1.68. The van der Waals surface area contributed by atoms with Crippen molar-refractivity contribution in [1.82, 2.24) is 5.43 Å². The molecule has 1 unspecified atom stereocenters. The van der Waals surface area contributed by atoms with Gasteiger partial charge in [-0.3, -0.25) is 5.84 Å². The summed E-state index contributed by atoms with van der Waals surface area (Å²) in [5, 5.41) is 0. The van der Waals surface area contributed by atoms with Gasteiger partial charge in [0, 0.05) is 0 Å². The van der Waals surface area contributed by atoms with Gasteiger partial charge in [-0.05, 0) is 62.0 Å². The number of rotatable bonds is 4. The predicted octanol–water partition coefficient (Wildman–Crippen LogP) is 3.69. The van der Waals surface area contributed by atoms with Crippen molar-refractivity contribution in [3.05, 3.63) is 56.6 Å². The Morgan fingerprint density at radius 1 is 1.28 bits per heavy atom. The van der Waals surface area contributed by atoms with E-state index < -0.39 is 0 Å². The summed E-state index contributed by atoms with van der Waals surface area (Å²) in [6, 6.07) is 8.31. The van der Waals surface area contributed by atoms with Gasteiger partial charge in [0.25, 0.3) is 0 Å². The van der Waals surface area contributed by atoms with E-state index >= 15 is 0 Å². The molecule has 96 valence electrons. The van der Waals surface area contributed by atoms with E-state index in [-0.39, 0.29) is 11.9 Å². The molecule has 1 aromatic heterocycles. The lowest BCUT2D eigenvalue weighted by Gasteiger charge is -2.14. The molecular weight excluding hydrogens is 367 g/mol. The first kappa shape index (κ1) is 13.7. The van der Waals surface area contributed by atoms with E-state index in [0.717, 1.165) is 5.56 Å². The third-order valence-electron chi connectivity index (χ3n) is 2.59. The Kier molecular flexibility index (Phi) is 4.55. The smallest absolute Gasteiger partial charge is 0.169 e. The maximum atomic E-state index is 13.4. The molecule has 2 aromatic rings. The quantitative estimate of drug-likeness (QED) is 0.631. The van der Waals surface area contributed by atoms with Crippen LogP contribution in [0.4, 0.5) is 4.39 Å². The van der Waals surface area contributed by atoms with Crippen LogP contribution in [0.3, 0.4) is 0 Å². The van der Waals surface area contributed by atoms with Crippen molar-refractivity contribution < 1.29 is 8.81 Å². The lowest BCUT2D eigenvalue weighted by atomic mass is 10.0. The van der Waals surface area contributed by atoms with Gasteiger partial charge >= 0.3 is 0 Å². The van der Waals surface area contributed by atoms with Crippen molar-refractivity contribution in [3.8, 4) is 0 Å². The summed E-state index contributed by atoms with van der Waals surface area (Å²) in [7, 11) is 0. The topological polar surface area (TPSA) is 51.2 Å². The minimum Gasteiger partial charge on any atom is -0.453 e. The zero-order valence-electron chi connectivity index (χ0n) is 9.29. The second kappa shape index (κ2) is 5.97. The Morgan fingerprint density at radius 3 is 2.67 bits per heavy atom. The first-order chi connectivity index (χ1) is 8.61. The number of hydrogen-bond donors (Lipinski definition) is 2. The van der Waals surface area contributed by atoms with Crippen molar-refractivity contribution in [2.24, 2.45) is 5.84 Å². The molecule has 0 saturated carbocycles. The molecular formula is C12H11Br2FN2O. The summed E-state index contributed by atoms with van der Waals surface area (Å²) < 4.78 is 19.9. The highest BCUT2D eigenvalue weighted by atomic mass is 79.9. The van der Waals surface area contributed by atoms with Crippen molar-refractivity contribution in [3.63, 3.8) is 0 Å². The van der Waals surface area contributed by atoms with Crippen molar-refractivity contribution in [1.29, 1.82) is 0 Å². The van der Waals surface area contributed by atoms with Gasteiger partial charge < -0.3 is 4.42 Å². The highest BCUT2D eigenvalue weighted by Crippen LogP contribution is 2.27. The number of benzene rings is 1. The Labute approximate surface area is 121 Å². The molecule has 3 nitrogen and oxygen atoms in total. The highest BCUT2D eigenvalue weighted by molar-refractivity contribution is 9.10. The van der Waals surface area contributed by atoms with Gasteiger partial charge in [0.05, 0.1) is 10.5 Å². The van der Waals surface area contributed by atoms with E-state index in [9.17, 15) is 4.39 Å². The second-order valence-corrected chi connectivity index (χ2v) is 5.35. The van der Waals surface area contributed by atoms with Crippen LogP contribution in [0.5, 0.6) is 0 Å². The summed E-state index contributed by atoms with van der Waals surface area (Å²) in [6.07, 6.45) is 0.523. The molecule has 0 saturated heterocycles. The normalized spacial score (nSPS) is 12.7.